The van der Waals surface area contributed by atoms with Gasteiger partial charge in [-0.1, -0.05) is 136 Å². The number of benzene rings is 3. The fourth-order valence-corrected chi connectivity index (χ4v) is 5.54. The molecule has 186 valence electrons. The van der Waals surface area contributed by atoms with E-state index in [4.69, 9.17) is 4.74 Å². The summed E-state index contributed by atoms with van der Waals surface area (Å²) in [7, 11) is 0. The van der Waals surface area contributed by atoms with Gasteiger partial charge in [-0.05, 0) is 48.9 Å². The Morgan fingerprint density at radius 3 is 1.54 bits per heavy atom. The zero-order chi connectivity index (χ0) is 24.0. The molecule has 35 heavy (non-hydrogen) atoms. The van der Waals surface area contributed by atoms with E-state index in [1.54, 1.807) is 0 Å². The Morgan fingerprint density at radius 2 is 1.03 bits per heavy atom. The number of ether oxygens (including phenoxy) is 1. The summed E-state index contributed by atoms with van der Waals surface area (Å²) < 4.78 is 6.89. The van der Waals surface area contributed by atoms with Crippen LogP contribution < -0.4 is 5.32 Å². The zero-order valence-electron chi connectivity index (χ0n) is 21.3. The average molecular weight is 470 g/mol. The Hall–Kier alpha value is -2.42. The lowest BCUT2D eigenvalue weighted by atomic mass is 9.80. The summed E-state index contributed by atoms with van der Waals surface area (Å²) in [6.07, 6.45) is 14.6. The molecule has 2 nitrogen and oxygen atoms in total. The lowest BCUT2D eigenvalue weighted by Gasteiger charge is -2.36. The van der Waals surface area contributed by atoms with Crippen LogP contribution in [-0.4, -0.2) is 19.2 Å². The molecule has 0 aromatic heterocycles. The van der Waals surface area contributed by atoms with Crippen LogP contribution >= 0.6 is 0 Å². The minimum Gasteiger partial charge on any atom is -0.361 e. The standard InChI is InChI=1S/C33H43NO/c1(3-17-27-34-32-25-15-8-16-26-32)2-4-18-28-35-33(29-19-9-5-10-20-29,30-21-11-6-12-22-30)31-23-13-7-14-24-31/h5-7,9-14,19-24,32,34H,1-4,8,15-18,25-28H2. The molecule has 0 saturated heterocycles. The monoisotopic (exact) mass is 469 g/mol. The first-order chi connectivity index (χ1) is 17.4. The van der Waals surface area contributed by atoms with Gasteiger partial charge in [0, 0.05) is 12.6 Å². The predicted octanol–water partition coefficient (Wildman–Crippen LogP) is 8.26. The van der Waals surface area contributed by atoms with Crippen LogP contribution in [0, 0.1) is 0 Å². The molecule has 1 aliphatic carbocycles. The van der Waals surface area contributed by atoms with Crippen LogP contribution in [0.2, 0.25) is 0 Å². The van der Waals surface area contributed by atoms with E-state index in [-0.39, 0.29) is 0 Å². The van der Waals surface area contributed by atoms with Gasteiger partial charge >= 0.3 is 0 Å². The highest BCUT2D eigenvalue weighted by Gasteiger charge is 2.37. The van der Waals surface area contributed by atoms with E-state index >= 15 is 0 Å². The molecule has 3 aromatic carbocycles. The van der Waals surface area contributed by atoms with Crippen LogP contribution in [-0.2, 0) is 10.3 Å². The molecular weight excluding hydrogens is 426 g/mol. The maximum Gasteiger partial charge on any atom is 0.143 e. The lowest BCUT2D eigenvalue weighted by Crippen LogP contribution is -2.33. The first-order valence-electron chi connectivity index (χ1n) is 13.9. The third kappa shape index (κ3) is 7.29. The van der Waals surface area contributed by atoms with Crippen LogP contribution in [0.3, 0.4) is 0 Å². The Bertz CT molecular complexity index is 838. The molecule has 1 saturated carbocycles. The van der Waals surface area contributed by atoms with Gasteiger partial charge in [0.25, 0.3) is 0 Å². The second-order valence-electron chi connectivity index (χ2n) is 10.0. The van der Waals surface area contributed by atoms with Crippen molar-refractivity contribution in [3.8, 4) is 0 Å². The third-order valence-electron chi connectivity index (χ3n) is 7.47. The predicted molar refractivity (Wildman–Crippen MR) is 148 cm³/mol. The molecule has 1 N–H and O–H groups in total. The SMILES string of the molecule is c1ccc(C(OCCCCCCCCNC2CCCCC2)(c2ccccc2)c2ccccc2)cc1. The fourth-order valence-electron chi connectivity index (χ4n) is 5.54. The molecule has 1 aliphatic rings. The molecule has 0 unspecified atom stereocenters. The van der Waals surface area contributed by atoms with Crippen molar-refractivity contribution in [3.05, 3.63) is 108 Å². The molecule has 0 aliphatic heterocycles. The van der Waals surface area contributed by atoms with Gasteiger partial charge in [-0.2, -0.15) is 0 Å². The Morgan fingerprint density at radius 1 is 0.571 bits per heavy atom. The van der Waals surface area contributed by atoms with E-state index < -0.39 is 5.60 Å². The highest BCUT2D eigenvalue weighted by atomic mass is 16.5. The van der Waals surface area contributed by atoms with Crippen molar-refractivity contribution in [3.63, 3.8) is 0 Å². The molecule has 3 aromatic rings. The summed E-state index contributed by atoms with van der Waals surface area (Å²) in [5.41, 5.74) is 2.96. The Labute approximate surface area is 213 Å². The van der Waals surface area contributed by atoms with E-state index in [0.717, 1.165) is 19.1 Å². The molecule has 0 amide bonds. The van der Waals surface area contributed by atoms with Crippen molar-refractivity contribution in [2.45, 2.75) is 82.3 Å². The van der Waals surface area contributed by atoms with Crippen LogP contribution in [0.4, 0.5) is 0 Å². The number of hydrogen-bond donors (Lipinski definition) is 1. The smallest absolute Gasteiger partial charge is 0.143 e. The van der Waals surface area contributed by atoms with E-state index in [2.05, 4.69) is 96.3 Å². The second kappa shape index (κ2) is 14.2. The van der Waals surface area contributed by atoms with Gasteiger partial charge < -0.3 is 10.1 Å². The van der Waals surface area contributed by atoms with Crippen molar-refractivity contribution in [2.75, 3.05) is 13.2 Å². The maximum atomic E-state index is 6.89. The first kappa shape index (κ1) is 25.7. The summed E-state index contributed by atoms with van der Waals surface area (Å²) >= 11 is 0. The normalized spacial score (nSPS) is 14.7. The molecule has 0 radical (unpaired) electrons. The maximum absolute atomic E-state index is 6.89. The summed E-state index contributed by atoms with van der Waals surface area (Å²) in [6, 6.07) is 32.9. The highest BCUT2D eigenvalue weighted by Crippen LogP contribution is 2.40. The highest BCUT2D eigenvalue weighted by molar-refractivity contribution is 5.47. The zero-order valence-corrected chi connectivity index (χ0v) is 21.3. The lowest BCUT2D eigenvalue weighted by molar-refractivity contribution is 0.0106. The minimum absolute atomic E-state index is 0.589. The largest absolute Gasteiger partial charge is 0.361 e. The van der Waals surface area contributed by atoms with Gasteiger partial charge in [-0.3, -0.25) is 0 Å². The number of nitrogens with one attached hydrogen (secondary N) is 1. The van der Waals surface area contributed by atoms with Gasteiger partial charge in [-0.25, -0.2) is 0 Å². The van der Waals surface area contributed by atoms with Gasteiger partial charge in [0.2, 0.25) is 0 Å². The summed E-state index contributed by atoms with van der Waals surface area (Å²) in [6.45, 7) is 1.95. The number of hydrogen-bond acceptors (Lipinski definition) is 2. The molecule has 1 fully saturated rings. The van der Waals surface area contributed by atoms with Crippen LogP contribution in [0.5, 0.6) is 0 Å². The van der Waals surface area contributed by atoms with E-state index in [1.165, 1.54) is 87.4 Å². The van der Waals surface area contributed by atoms with E-state index in [9.17, 15) is 0 Å². The summed E-state index contributed by atoms with van der Waals surface area (Å²) in [4.78, 5) is 0. The van der Waals surface area contributed by atoms with E-state index in [1.807, 2.05) is 0 Å². The van der Waals surface area contributed by atoms with Gasteiger partial charge in [0.05, 0.1) is 0 Å². The molecule has 4 rings (SSSR count). The molecular formula is C33H43NO. The summed E-state index contributed by atoms with van der Waals surface area (Å²) in [5.74, 6) is 0. The number of unbranched alkanes of at least 4 members (excludes halogenated alkanes) is 5. The molecule has 0 atom stereocenters. The quantitative estimate of drug-likeness (QED) is 0.189. The molecule has 0 heterocycles. The van der Waals surface area contributed by atoms with Crippen molar-refractivity contribution >= 4 is 0 Å². The minimum atomic E-state index is -0.589. The molecule has 0 spiro atoms. The third-order valence-corrected chi connectivity index (χ3v) is 7.47. The average Bonchev–Trinajstić information content (AvgIpc) is 2.94. The number of rotatable bonds is 14. The fraction of sp³-hybridized carbons (Fsp3) is 0.455. The van der Waals surface area contributed by atoms with Crippen molar-refractivity contribution < 1.29 is 4.74 Å². The van der Waals surface area contributed by atoms with Crippen LogP contribution in [0.25, 0.3) is 0 Å². The Kier molecular flexibility index (Phi) is 10.4. The second-order valence-corrected chi connectivity index (χ2v) is 10.0. The Balaban J connectivity index is 1.29. The topological polar surface area (TPSA) is 21.3 Å². The first-order valence-corrected chi connectivity index (χ1v) is 13.9. The van der Waals surface area contributed by atoms with Crippen molar-refractivity contribution in [1.82, 2.24) is 5.32 Å². The molecule has 0 bridgehead atoms. The summed E-state index contributed by atoms with van der Waals surface area (Å²) in [5, 5.41) is 3.78. The van der Waals surface area contributed by atoms with Gasteiger partial charge in [-0.15, -0.1) is 0 Å². The van der Waals surface area contributed by atoms with Gasteiger partial charge in [0.1, 0.15) is 5.60 Å². The van der Waals surface area contributed by atoms with Gasteiger partial charge in [0.15, 0.2) is 0 Å². The van der Waals surface area contributed by atoms with Crippen LogP contribution in [0.15, 0.2) is 91.0 Å². The van der Waals surface area contributed by atoms with E-state index in [0.29, 0.717) is 0 Å². The van der Waals surface area contributed by atoms with Crippen molar-refractivity contribution in [2.24, 2.45) is 0 Å². The van der Waals surface area contributed by atoms with Crippen LogP contribution in [0.1, 0.15) is 87.3 Å². The van der Waals surface area contributed by atoms with Crippen molar-refractivity contribution in [1.29, 1.82) is 0 Å². The molecule has 2 heteroatoms.